The van der Waals surface area contributed by atoms with Crippen molar-refractivity contribution in [3.63, 3.8) is 0 Å². The lowest BCUT2D eigenvalue weighted by atomic mass is 10.2. The van der Waals surface area contributed by atoms with Crippen LogP contribution in [-0.2, 0) is 17.6 Å². The molecule has 0 bridgehead atoms. The van der Waals surface area contributed by atoms with Crippen LogP contribution in [0.2, 0.25) is 0 Å². The van der Waals surface area contributed by atoms with Gasteiger partial charge in [0.15, 0.2) is 0 Å². The highest BCUT2D eigenvalue weighted by atomic mass is 16.4. The lowest BCUT2D eigenvalue weighted by molar-refractivity contribution is -0.139. The molecular weight excluding hydrogens is 278 g/mol. The highest BCUT2D eigenvalue weighted by Gasteiger charge is 2.19. The van der Waals surface area contributed by atoms with E-state index in [9.17, 15) is 9.59 Å². The molecule has 21 heavy (non-hydrogen) atoms. The van der Waals surface area contributed by atoms with Gasteiger partial charge in [-0.25, -0.2) is 14.6 Å². The van der Waals surface area contributed by atoms with Gasteiger partial charge >= 0.3 is 12.0 Å². The van der Waals surface area contributed by atoms with Crippen molar-refractivity contribution < 1.29 is 19.8 Å². The van der Waals surface area contributed by atoms with Crippen molar-refractivity contribution >= 4 is 17.9 Å². The van der Waals surface area contributed by atoms with Gasteiger partial charge in [-0.1, -0.05) is 13.8 Å². The monoisotopic (exact) mass is 297 g/mol. The third-order valence-electron chi connectivity index (χ3n) is 2.76. The topological polar surface area (TPSA) is 137 Å². The molecule has 0 spiro atoms. The van der Waals surface area contributed by atoms with Gasteiger partial charge in [-0.2, -0.15) is 0 Å². The summed E-state index contributed by atoms with van der Waals surface area (Å²) in [5.41, 5.74) is 1.49. The van der Waals surface area contributed by atoms with Crippen LogP contribution in [0.25, 0.3) is 0 Å². The van der Waals surface area contributed by atoms with Crippen LogP contribution < -0.4 is 10.6 Å². The van der Waals surface area contributed by atoms with Crippen LogP contribution in [0.3, 0.4) is 0 Å². The molecule has 1 heterocycles. The Morgan fingerprint density at radius 3 is 2.38 bits per heavy atom. The fraction of sp³-hybridized carbons (Fsp3) is 0.583. The fourth-order valence-electron chi connectivity index (χ4n) is 1.67. The van der Waals surface area contributed by atoms with Crippen molar-refractivity contribution in [2.24, 2.45) is 0 Å². The van der Waals surface area contributed by atoms with E-state index in [-0.39, 0.29) is 19.0 Å². The number of carbonyl (C=O) groups is 2. The first-order valence-electron chi connectivity index (χ1n) is 6.65. The van der Waals surface area contributed by atoms with Crippen LogP contribution in [0, 0.1) is 0 Å². The van der Waals surface area contributed by atoms with Gasteiger partial charge in [0.25, 0.3) is 5.95 Å². The fourth-order valence-corrected chi connectivity index (χ4v) is 1.67. The number of amides is 2. The second-order valence-corrected chi connectivity index (χ2v) is 4.24. The van der Waals surface area contributed by atoms with E-state index in [1.165, 1.54) is 0 Å². The van der Waals surface area contributed by atoms with Crippen molar-refractivity contribution in [1.82, 2.24) is 20.5 Å². The molecule has 0 aliphatic heterocycles. The number of aliphatic hydroxyl groups excluding tert-OH is 1. The molecule has 1 aromatic heterocycles. The number of rotatable bonds is 7. The molecule has 0 fully saturated rings. The van der Waals surface area contributed by atoms with Gasteiger partial charge in [-0.15, -0.1) is 10.2 Å². The van der Waals surface area contributed by atoms with Crippen LogP contribution in [0.1, 0.15) is 31.7 Å². The second kappa shape index (κ2) is 8.10. The molecule has 2 amide bonds. The molecule has 0 saturated heterocycles. The molecule has 9 heteroatoms. The SMILES string of the molecule is CCc1nnc(NC(=O)NC(CCO)C(=O)O)nc1CC. The first-order valence-corrected chi connectivity index (χ1v) is 6.65. The zero-order valence-corrected chi connectivity index (χ0v) is 12.0. The average molecular weight is 297 g/mol. The molecule has 4 N–H and O–H groups in total. The summed E-state index contributed by atoms with van der Waals surface area (Å²) in [7, 11) is 0. The molecule has 0 aliphatic rings. The Hall–Kier alpha value is -2.29. The third kappa shape index (κ3) is 4.95. The van der Waals surface area contributed by atoms with Crippen LogP contribution in [0.4, 0.5) is 10.7 Å². The van der Waals surface area contributed by atoms with Crippen molar-refractivity contribution in [2.75, 3.05) is 11.9 Å². The lowest BCUT2D eigenvalue weighted by Crippen LogP contribution is -2.43. The van der Waals surface area contributed by atoms with E-state index in [2.05, 4.69) is 25.8 Å². The number of urea groups is 1. The number of hydrogen-bond acceptors (Lipinski definition) is 6. The second-order valence-electron chi connectivity index (χ2n) is 4.24. The van der Waals surface area contributed by atoms with E-state index in [1.54, 1.807) is 0 Å². The van der Waals surface area contributed by atoms with Crippen molar-refractivity contribution in [3.05, 3.63) is 11.4 Å². The Balaban J connectivity index is 2.72. The number of nitrogens with zero attached hydrogens (tertiary/aromatic N) is 3. The zero-order chi connectivity index (χ0) is 15.8. The van der Waals surface area contributed by atoms with E-state index < -0.39 is 18.0 Å². The molecule has 0 aromatic carbocycles. The molecule has 9 nitrogen and oxygen atoms in total. The van der Waals surface area contributed by atoms with Gasteiger partial charge in [0.2, 0.25) is 0 Å². The minimum absolute atomic E-state index is 0.00897. The van der Waals surface area contributed by atoms with E-state index in [4.69, 9.17) is 10.2 Å². The quantitative estimate of drug-likeness (QED) is 0.553. The number of nitrogens with one attached hydrogen (secondary N) is 2. The minimum Gasteiger partial charge on any atom is -0.480 e. The minimum atomic E-state index is -1.23. The summed E-state index contributed by atoms with van der Waals surface area (Å²) in [6.45, 7) is 3.49. The lowest BCUT2D eigenvalue weighted by Gasteiger charge is -2.13. The summed E-state index contributed by atoms with van der Waals surface area (Å²) >= 11 is 0. The largest absolute Gasteiger partial charge is 0.480 e. The predicted molar refractivity (Wildman–Crippen MR) is 73.9 cm³/mol. The maximum atomic E-state index is 11.7. The standard InChI is InChI=1S/C12H19N5O4/c1-3-7-8(4-2)16-17-11(13-7)15-12(21)14-9(5-6-18)10(19)20/h9,18H,3-6H2,1-2H3,(H,19,20)(H2,13,14,15,17,21). The van der Waals surface area contributed by atoms with Crippen molar-refractivity contribution in [3.8, 4) is 0 Å². The number of aliphatic carboxylic acids is 1. The number of carbonyl (C=O) groups excluding carboxylic acids is 1. The number of aryl methyl sites for hydroxylation is 2. The molecule has 116 valence electrons. The van der Waals surface area contributed by atoms with E-state index in [0.29, 0.717) is 12.8 Å². The van der Waals surface area contributed by atoms with E-state index >= 15 is 0 Å². The van der Waals surface area contributed by atoms with Crippen LogP contribution in [-0.4, -0.2) is 50.0 Å². The predicted octanol–water partition coefficient (Wildman–Crippen LogP) is -0.0465. The first kappa shape index (κ1) is 16.8. The molecule has 0 saturated carbocycles. The van der Waals surface area contributed by atoms with Crippen LogP contribution in [0.5, 0.6) is 0 Å². The van der Waals surface area contributed by atoms with Crippen LogP contribution >= 0.6 is 0 Å². The van der Waals surface area contributed by atoms with E-state index in [1.807, 2.05) is 13.8 Å². The highest BCUT2D eigenvalue weighted by Crippen LogP contribution is 2.06. The summed E-state index contributed by atoms with van der Waals surface area (Å²) in [5.74, 6) is -1.22. The van der Waals surface area contributed by atoms with Crippen molar-refractivity contribution in [2.45, 2.75) is 39.2 Å². The molecular formula is C12H19N5O4. The van der Waals surface area contributed by atoms with Gasteiger partial charge < -0.3 is 15.5 Å². The number of aromatic nitrogens is 3. The number of carboxylic acids is 1. The summed E-state index contributed by atoms with van der Waals surface area (Å²) in [6, 6.07) is -1.94. The summed E-state index contributed by atoms with van der Waals surface area (Å²) in [6.07, 6.45) is 1.25. The van der Waals surface area contributed by atoms with Gasteiger partial charge in [0.05, 0.1) is 11.4 Å². The van der Waals surface area contributed by atoms with Gasteiger partial charge in [0, 0.05) is 13.0 Å². The Kier molecular flexibility index (Phi) is 6.47. The molecule has 0 radical (unpaired) electrons. The van der Waals surface area contributed by atoms with Gasteiger partial charge in [-0.3, -0.25) is 5.32 Å². The smallest absolute Gasteiger partial charge is 0.326 e. The number of carboxylic acid groups (broad SMARTS) is 1. The third-order valence-corrected chi connectivity index (χ3v) is 2.76. The molecule has 1 atom stereocenters. The Labute approximate surface area is 121 Å². The van der Waals surface area contributed by atoms with Gasteiger partial charge in [-0.05, 0) is 12.8 Å². The molecule has 0 aliphatic carbocycles. The number of anilines is 1. The summed E-state index contributed by atoms with van der Waals surface area (Å²) in [5, 5.41) is 29.9. The maximum absolute atomic E-state index is 11.7. The normalized spacial score (nSPS) is 11.8. The summed E-state index contributed by atoms with van der Waals surface area (Å²) < 4.78 is 0. The molecule has 1 aromatic rings. The zero-order valence-electron chi connectivity index (χ0n) is 12.0. The molecule has 1 rings (SSSR count). The molecule has 1 unspecified atom stereocenters. The van der Waals surface area contributed by atoms with Crippen molar-refractivity contribution in [1.29, 1.82) is 0 Å². The Morgan fingerprint density at radius 2 is 1.86 bits per heavy atom. The van der Waals surface area contributed by atoms with Crippen LogP contribution in [0.15, 0.2) is 0 Å². The number of aliphatic hydroxyl groups is 1. The first-order chi connectivity index (χ1) is 10.0. The number of hydrogen-bond donors (Lipinski definition) is 4. The average Bonchev–Trinajstić information content (AvgIpc) is 2.46. The Morgan fingerprint density at radius 1 is 1.19 bits per heavy atom. The maximum Gasteiger partial charge on any atom is 0.326 e. The van der Waals surface area contributed by atoms with E-state index in [0.717, 1.165) is 11.4 Å². The summed E-state index contributed by atoms with van der Waals surface area (Å²) in [4.78, 5) is 26.7. The highest BCUT2D eigenvalue weighted by molar-refractivity contribution is 5.90. The van der Waals surface area contributed by atoms with Gasteiger partial charge in [0.1, 0.15) is 6.04 Å². The Bertz CT molecular complexity index is 508.